The summed E-state index contributed by atoms with van der Waals surface area (Å²) in [5.41, 5.74) is 6.12. The molecular formula is C14H19N3O4. The lowest BCUT2D eigenvalue weighted by atomic mass is 10.0. The highest BCUT2D eigenvalue weighted by atomic mass is 16.6. The van der Waals surface area contributed by atoms with E-state index in [1.54, 1.807) is 4.90 Å². The largest absolute Gasteiger partial charge is 0.466 e. The van der Waals surface area contributed by atoms with Crippen molar-refractivity contribution >= 4 is 12.0 Å². The first-order valence-corrected chi connectivity index (χ1v) is 7.06. The molecule has 2 amide bonds. The van der Waals surface area contributed by atoms with Gasteiger partial charge < -0.3 is 19.8 Å². The van der Waals surface area contributed by atoms with Gasteiger partial charge in [0.15, 0.2) is 0 Å². The van der Waals surface area contributed by atoms with Crippen LogP contribution in [0.4, 0.5) is 4.79 Å². The zero-order valence-electron chi connectivity index (χ0n) is 11.9. The second-order valence-electron chi connectivity index (χ2n) is 5.55. The Morgan fingerprint density at radius 3 is 2.86 bits per heavy atom. The molecule has 2 aliphatic rings. The highest BCUT2D eigenvalue weighted by molar-refractivity contribution is 5.83. The van der Waals surface area contributed by atoms with Crippen LogP contribution in [-0.4, -0.2) is 60.6 Å². The summed E-state index contributed by atoms with van der Waals surface area (Å²) < 4.78 is 10.4. The number of aryl methyl sites for hydroxylation is 1. The topological polar surface area (TPSA) is 89.0 Å². The van der Waals surface area contributed by atoms with Crippen molar-refractivity contribution in [3.63, 3.8) is 0 Å². The zero-order chi connectivity index (χ0) is 15.0. The van der Waals surface area contributed by atoms with Crippen LogP contribution in [0.3, 0.4) is 0 Å². The molecule has 7 nitrogen and oxygen atoms in total. The number of hydrogen-bond donors (Lipinski definition) is 1. The predicted octanol–water partition coefficient (Wildman–Crippen LogP) is 0.293. The van der Waals surface area contributed by atoms with Gasteiger partial charge in [0.2, 0.25) is 5.91 Å². The first-order valence-electron chi connectivity index (χ1n) is 7.06. The molecule has 2 fully saturated rings. The monoisotopic (exact) mass is 293 g/mol. The smallest absolute Gasteiger partial charge is 0.410 e. The van der Waals surface area contributed by atoms with Gasteiger partial charge in [-0.15, -0.1) is 0 Å². The molecule has 1 aromatic heterocycles. The molecule has 2 saturated heterocycles. The van der Waals surface area contributed by atoms with Gasteiger partial charge in [0.1, 0.15) is 24.7 Å². The van der Waals surface area contributed by atoms with Crippen molar-refractivity contribution in [3.05, 3.63) is 23.7 Å². The number of cyclic esters (lactones) is 1. The summed E-state index contributed by atoms with van der Waals surface area (Å²) in [7, 11) is 0. The molecule has 3 rings (SSSR count). The van der Waals surface area contributed by atoms with Crippen molar-refractivity contribution in [2.75, 3.05) is 32.8 Å². The standard InChI is InChI=1S/C14H19N3O4/c1-9-2-3-12(21-9)10-6-17(7-11(10)15)13(18)8-16-4-5-20-14(16)19/h2-3,10-11H,4-8,15H2,1H3/t10-,11-/m1/s1. The molecule has 0 saturated carbocycles. The summed E-state index contributed by atoms with van der Waals surface area (Å²) in [6.07, 6.45) is -0.426. The van der Waals surface area contributed by atoms with E-state index in [9.17, 15) is 9.59 Å². The Labute approximate surface area is 122 Å². The van der Waals surface area contributed by atoms with Gasteiger partial charge in [0.05, 0.1) is 12.5 Å². The summed E-state index contributed by atoms with van der Waals surface area (Å²) in [5, 5.41) is 0. The number of nitrogens with zero attached hydrogens (tertiary/aromatic N) is 2. The van der Waals surface area contributed by atoms with E-state index in [-0.39, 0.29) is 24.4 Å². The third-order valence-electron chi connectivity index (χ3n) is 4.02. The van der Waals surface area contributed by atoms with Crippen LogP contribution in [0.2, 0.25) is 0 Å². The van der Waals surface area contributed by atoms with Crippen molar-refractivity contribution in [2.24, 2.45) is 5.73 Å². The fourth-order valence-electron chi connectivity index (χ4n) is 2.82. The van der Waals surface area contributed by atoms with Gasteiger partial charge in [-0.25, -0.2) is 4.79 Å². The number of rotatable bonds is 3. The van der Waals surface area contributed by atoms with E-state index in [1.165, 1.54) is 4.90 Å². The van der Waals surface area contributed by atoms with E-state index in [4.69, 9.17) is 14.9 Å². The molecule has 7 heteroatoms. The Kier molecular flexibility index (Phi) is 3.59. The van der Waals surface area contributed by atoms with Gasteiger partial charge in [-0.1, -0.05) is 0 Å². The predicted molar refractivity (Wildman–Crippen MR) is 73.7 cm³/mol. The van der Waals surface area contributed by atoms with E-state index in [1.807, 2.05) is 19.1 Å². The Morgan fingerprint density at radius 2 is 2.24 bits per heavy atom. The average molecular weight is 293 g/mol. The SMILES string of the molecule is Cc1ccc([C@@H]2CN(C(=O)CN3CCOC3=O)C[C@H]2N)o1. The Balaban J connectivity index is 1.62. The summed E-state index contributed by atoms with van der Waals surface area (Å²) in [5.74, 6) is 1.56. The molecule has 1 aromatic rings. The van der Waals surface area contributed by atoms with E-state index in [0.717, 1.165) is 11.5 Å². The number of amides is 2. The number of nitrogens with two attached hydrogens (primary N) is 1. The average Bonchev–Trinajstić information content (AvgIpc) is 3.12. The lowest BCUT2D eigenvalue weighted by Gasteiger charge is -2.19. The number of carbonyl (C=O) groups is 2. The molecular weight excluding hydrogens is 274 g/mol. The fraction of sp³-hybridized carbons (Fsp3) is 0.571. The molecule has 114 valence electrons. The maximum atomic E-state index is 12.3. The number of likely N-dealkylation sites (tertiary alicyclic amines) is 1. The molecule has 2 N–H and O–H groups in total. The van der Waals surface area contributed by atoms with Crippen LogP contribution in [0.25, 0.3) is 0 Å². The number of carbonyl (C=O) groups excluding carboxylic acids is 2. The molecule has 21 heavy (non-hydrogen) atoms. The lowest BCUT2D eigenvalue weighted by molar-refractivity contribution is -0.130. The molecule has 0 bridgehead atoms. The van der Waals surface area contributed by atoms with Crippen LogP contribution >= 0.6 is 0 Å². The first kappa shape index (κ1) is 13.9. The first-order chi connectivity index (χ1) is 10.0. The van der Waals surface area contributed by atoms with Gasteiger partial charge in [0, 0.05) is 19.1 Å². The maximum Gasteiger partial charge on any atom is 0.410 e. The lowest BCUT2D eigenvalue weighted by Crippen LogP contribution is -2.40. The number of furan rings is 1. The van der Waals surface area contributed by atoms with Crippen LogP contribution in [0.15, 0.2) is 16.5 Å². The highest BCUT2D eigenvalue weighted by Gasteiger charge is 2.37. The molecule has 0 radical (unpaired) electrons. The van der Waals surface area contributed by atoms with Gasteiger partial charge >= 0.3 is 6.09 Å². The van der Waals surface area contributed by atoms with Crippen molar-refractivity contribution in [1.29, 1.82) is 0 Å². The van der Waals surface area contributed by atoms with Crippen LogP contribution < -0.4 is 5.73 Å². The van der Waals surface area contributed by atoms with Crippen LogP contribution in [-0.2, 0) is 9.53 Å². The van der Waals surface area contributed by atoms with Crippen LogP contribution in [0, 0.1) is 6.92 Å². The molecule has 0 aliphatic carbocycles. The van der Waals surface area contributed by atoms with Gasteiger partial charge in [0.25, 0.3) is 0 Å². The van der Waals surface area contributed by atoms with E-state index < -0.39 is 6.09 Å². The second kappa shape index (κ2) is 5.40. The summed E-state index contributed by atoms with van der Waals surface area (Å²) in [4.78, 5) is 26.7. The number of hydrogen-bond acceptors (Lipinski definition) is 5. The molecule has 2 aliphatic heterocycles. The number of ether oxygens (including phenoxy) is 1. The van der Waals surface area contributed by atoms with Crippen molar-refractivity contribution < 1.29 is 18.7 Å². The Morgan fingerprint density at radius 1 is 1.43 bits per heavy atom. The minimum absolute atomic E-state index is 0.00757. The third-order valence-corrected chi connectivity index (χ3v) is 4.02. The molecule has 0 unspecified atom stereocenters. The molecule has 0 spiro atoms. The summed E-state index contributed by atoms with van der Waals surface area (Å²) >= 11 is 0. The zero-order valence-corrected chi connectivity index (χ0v) is 11.9. The quantitative estimate of drug-likeness (QED) is 0.865. The summed E-state index contributed by atoms with van der Waals surface area (Å²) in [6, 6.07) is 3.66. The molecule has 2 atom stereocenters. The van der Waals surface area contributed by atoms with Gasteiger partial charge in [-0.3, -0.25) is 9.69 Å². The normalized spacial score (nSPS) is 25.5. The van der Waals surface area contributed by atoms with E-state index in [2.05, 4.69) is 0 Å². The van der Waals surface area contributed by atoms with Gasteiger partial charge in [-0.2, -0.15) is 0 Å². The molecule has 0 aromatic carbocycles. The van der Waals surface area contributed by atoms with Crippen molar-refractivity contribution in [1.82, 2.24) is 9.80 Å². The Hall–Kier alpha value is -2.02. The summed E-state index contributed by atoms with van der Waals surface area (Å²) in [6.45, 7) is 3.74. The van der Waals surface area contributed by atoms with E-state index in [0.29, 0.717) is 26.2 Å². The van der Waals surface area contributed by atoms with Crippen molar-refractivity contribution in [3.8, 4) is 0 Å². The van der Waals surface area contributed by atoms with Crippen LogP contribution in [0.5, 0.6) is 0 Å². The second-order valence-corrected chi connectivity index (χ2v) is 5.55. The fourth-order valence-corrected chi connectivity index (χ4v) is 2.82. The molecule has 3 heterocycles. The van der Waals surface area contributed by atoms with Crippen molar-refractivity contribution in [2.45, 2.75) is 18.9 Å². The van der Waals surface area contributed by atoms with Crippen LogP contribution in [0.1, 0.15) is 17.4 Å². The minimum Gasteiger partial charge on any atom is -0.466 e. The maximum absolute atomic E-state index is 12.3. The van der Waals surface area contributed by atoms with E-state index >= 15 is 0 Å². The third kappa shape index (κ3) is 2.73. The Bertz CT molecular complexity index is 556. The van der Waals surface area contributed by atoms with Gasteiger partial charge in [-0.05, 0) is 19.1 Å². The minimum atomic E-state index is -0.426. The highest BCUT2D eigenvalue weighted by Crippen LogP contribution is 2.28.